The van der Waals surface area contributed by atoms with Crippen molar-refractivity contribution in [2.24, 2.45) is 40.4 Å². The summed E-state index contributed by atoms with van der Waals surface area (Å²) in [5.74, 6) is 3.47. The second kappa shape index (κ2) is 7.01. The zero-order valence-corrected chi connectivity index (χ0v) is 17.8. The van der Waals surface area contributed by atoms with Crippen LogP contribution in [0.3, 0.4) is 0 Å². The van der Waals surface area contributed by atoms with Crippen molar-refractivity contribution < 1.29 is 9.90 Å². The lowest BCUT2D eigenvalue weighted by atomic mass is 9.42. The van der Waals surface area contributed by atoms with Crippen molar-refractivity contribution in [2.45, 2.75) is 65.2 Å². The van der Waals surface area contributed by atoms with Crippen molar-refractivity contribution in [1.82, 2.24) is 9.97 Å². The maximum absolute atomic E-state index is 12.2. The molecule has 29 heavy (non-hydrogen) atoms. The van der Waals surface area contributed by atoms with Crippen molar-refractivity contribution >= 4 is 11.4 Å². The summed E-state index contributed by atoms with van der Waals surface area (Å²) >= 11 is 0. The van der Waals surface area contributed by atoms with Gasteiger partial charge in [0.2, 0.25) is 0 Å². The van der Waals surface area contributed by atoms with Gasteiger partial charge in [0.15, 0.2) is 0 Å². The zero-order valence-electron chi connectivity index (χ0n) is 17.8. The third kappa shape index (κ3) is 2.85. The number of carbonyl (C=O) groups is 1. The van der Waals surface area contributed by atoms with Crippen LogP contribution in [0, 0.1) is 40.4 Å². The summed E-state index contributed by atoms with van der Waals surface area (Å²) in [6.45, 7) is 5.22. The van der Waals surface area contributed by atoms with Crippen molar-refractivity contribution in [3.8, 4) is 0 Å². The smallest absolute Gasteiger partial charge is 0.133 e. The Morgan fingerprint density at radius 1 is 1.24 bits per heavy atom. The molecule has 1 aromatic rings. The lowest BCUT2D eigenvalue weighted by molar-refractivity contribution is -0.147. The number of carbonyl (C=O) groups excluding carboxylic acids is 1. The van der Waals surface area contributed by atoms with Gasteiger partial charge >= 0.3 is 0 Å². The first-order chi connectivity index (χ1) is 14.0. The Morgan fingerprint density at radius 2 is 2.10 bits per heavy atom. The third-order valence-corrected chi connectivity index (χ3v) is 9.60. The fourth-order valence-corrected chi connectivity index (χ4v) is 8.10. The third-order valence-electron chi connectivity index (χ3n) is 9.60. The molecule has 0 radical (unpaired) electrons. The van der Waals surface area contributed by atoms with Crippen molar-refractivity contribution in [1.29, 1.82) is 0 Å². The number of hydrogen-bond donors (Lipinski definition) is 1. The van der Waals surface area contributed by atoms with Crippen LogP contribution in [0.1, 0.15) is 70.9 Å². The van der Waals surface area contributed by atoms with Crippen LogP contribution in [0.4, 0.5) is 0 Å². The molecule has 2 unspecified atom stereocenters. The lowest BCUT2D eigenvalue weighted by Gasteiger charge is -2.62. The first-order valence-electron chi connectivity index (χ1n) is 11.6. The predicted molar refractivity (Wildman–Crippen MR) is 113 cm³/mol. The van der Waals surface area contributed by atoms with E-state index in [2.05, 4.69) is 36.0 Å². The van der Waals surface area contributed by atoms with Crippen LogP contribution < -0.4 is 0 Å². The lowest BCUT2D eigenvalue weighted by Crippen LogP contribution is -2.56. The summed E-state index contributed by atoms with van der Waals surface area (Å²) in [6.07, 6.45) is 14.2. The van der Waals surface area contributed by atoms with Gasteiger partial charge in [0, 0.05) is 25.6 Å². The van der Waals surface area contributed by atoms with Gasteiger partial charge in [-0.25, -0.2) is 9.97 Å². The van der Waals surface area contributed by atoms with Crippen LogP contribution in [-0.2, 0) is 4.79 Å². The Kier molecular flexibility index (Phi) is 4.69. The number of fused-ring (bicyclic) bond motifs is 5. The summed E-state index contributed by atoms with van der Waals surface area (Å²) < 4.78 is 0. The molecule has 0 bridgehead atoms. The second-order valence-electron chi connectivity index (χ2n) is 10.6. The highest BCUT2D eigenvalue weighted by molar-refractivity contribution is 5.79. The first kappa shape index (κ1) is 19.4. The number of hydrogen-bond acceptors (Lipinski definition) is 4. The van der Waals surface area contributed by atoms with Gasteiger partial charge in [-0.15, -0.1) is 0 Å². The molecule has 4 heteroatoms. The summed E-state index contributed by atoms with van der Waals surface area (Å²) in [5.41, 5.74) is 2.96. The summed E-state index contributed by atoms with van der Waals surface area (Å²) in [7, 11) is 0. The Morgan fingerprint density at radius 3 is 2.86 bits per heavy atom. The zero-order chi connectivity index (χ0) is 20.2. The van der Waals surface area contributed by atoms with E-state index in [0.717, 1.165) is 44.2 Å². The largest absolute Gasteiger partial charge is 0.396 e. The molecule has 4 aliphatic rings. The van der Waals surface area contributed by atoms with E-state index in [0.29, 0.717) is 40.8 Å². The normalized spacial score (nSPS) is 43.9. The minimum atomic E-state index is 0.164. The molecule has 0 saturated heterocycles. The molecule has 0 amide bonds. The van der Waals surface area contributed by atoms with Gasteiger partial charge in [-0.2, -0.15) is 0 Å². The van der Waals surface area contributed by atoms with Crippen LogP contribution in [0.15, 0.2) is 24.7 Å². The average molecular weight is 395 g/mol. The molecule has 3 saturated carbocycles. The number of aliphatic hydroxyl groups is 1. The van der Waals surface area contributed by atoms with Gasteiger partial charge in [-0.3, -0.25) is 4.79 Å². The van der Waals surface area contributed by atoms with E-state index in [-0.39, 0.29) is 12.0 Å². The average Bonchev–Trinajstić information content (AvgIpc) is 3.07. The highest BCUT2D eigenvalue weighted by atomic mass is 16.3. The minimum absolute atomic E-state index is 0.164. The second-order valence-corrected chi connectivity index (χ2v) is 10.6. The van der Waals surface area contributed by atoms with E-state index in [1.165, 1.54) is 18.4 Å². The van der Waals surface area contributed by atoms with Gasteiger partial charge < -0.3 is 5.11 Å². The molecule has 0 aliphatic heterocycles. The molecule has 1 heterocycles. The monoisotopic (exact) mass is 394 g/mol. The Balaban J connectivity index is 1.51. The Bertz CT molecular complexity index is 821. The van der Waals surface area contributed by atoms with Gasteiger partial charge in [-0.05, 0) is 90.6 Å². The quantitative estimate of drug-likeness (QED) is 0.808. The molecular weight excluding hydrogens is 360 g/mol. The summed E-state index contributed by atoms with van der Waals surface area (Å²) in [4.78, 5) is 20.9. The van der Waals surface area contributed by atoms with E-state index in [1.54, 1.807) is 6.33 Å². The molecule has 0 spiro atoms. The molecule has 5 rings (SSSR count). The van der Waals surface area contributed by atoms with Crippen LogP contribution in [0.2, 0.25) is 0 Å². The molecule has 156 valence electrons. The van der Waals surface area contributed by atoms with Gasteiger partial charge in [0.05, 0.1) is 5.69 Å². The van der Waals surface area contributed by atoms with Crippen LogP contribution in [0.25, 0.3) is 5.57 Å². The van der Waals surface area contributed by atoms with E-state index >= 15 is 0 Å². The van der Waals surface area contributed by atoms with Gasteiger partial charge in [0.1, 0.15) is 12.1 Å². The number of allylic oxidation sites excluding steroid dienone is 2. The maximum Gasteiger partial charge on any atom is 0.133 e. The SMILES string of the molecule is C[C@]12CCC(=O)CC1CC(CCO)[C@@H]1[C@H]2CC[C@]2(C)C(c3ccncn3)=CC[C@@H]12. The number of Topliss-reactive ketones (excluding diaryl/α,β-unsaturated/α-hetero) is 1. The highest BCUT2D eigenvalue weighted by Crippen LogP contribution is 2.68. The maximum atomic E-state index is 12.2. The number of rotatable bonds is 3. The van der Waals surface area contributed by atoms with Crippen molar-refractivity contribution in [3.05, 3.63) is 30.4 Å². The Hall–Kier alpha value is -1.55. The molecule has 7 atom stereocenters. The number of ketones is 1. The topological polar surface area (TPSA) is 63.1 Å². The molecule has 4 nitrogen and oxygen atoms in total. The Labute approximate surface area is 174 Å². The molecule has 0 aromatic carbocycles. The predicted octanol–water partition coefficient (Wildman–Crippen LogP) is 4.69. The first-order valence-corrected chi connectivity index (χ1v) is 11.6. The molecular formula is C25H34N2O2. The van der Waals surface area contributed by atoms with E-state index in [1.807, 2.05) is 6.20 Å². The van der Waals surface area contributed by atoms with E-state index < -0.39 is 0 Å². The highest BCUT2D eigenvalue weighted by Gasteiger charge is 2.61. The van der Waals surface area contributed by atoms with Gasteiger partial charge in [-0.1, -0.05) is 19.9 Å². The number of nitrogens with zero attached hydrogens (tertiary/aromatic N) is 2. The van der Waals surface area contributed by atoms with Crippen LogP contribution in [0.5, 0.6) is 0 Å². The minimum Gasteiger partial charge on any atom is -0.396 e. The molecule has 1 N–H and O–H groups in total. The summed E-state index contributed by atoms with van der Waals surface area (Å²) in [6, 6.07) is 2.06. The number of aromatic nitrogens is 2. The molecule has 3 fully saturated rings. The fraction of sp³-hybridized carbons (Fsp3) is 0.720. The van der Waals surface area contributed by atoms with Crippen LogP contribution >= 0.6 is 0 Å². The standard InChI is InChI=1S/C25H34N2O2/c1-24-9-5-18(29)14-17(24)13-16(8-12-28)23-20-4-3-19(22-7-11-26-15-27-22)25(20,2)10-6-21(23)24/h3,7,11,15-17,20-21,23,28H,4-6,8-10,12-14H2,1-2H3/t16?,17?,20-,21+,23-,24-,25+/m0/s1. The molecule has 1 aromatic heterocycles. The van der Waals surface area contributed by atoms with Crippen molar-refractivity contribution in [3.63, 3.8) is 0 Å². The van der Waals surface area contributed by atoms with Gasteiger partial charge in [0.25, 0.3) is 0 Å². The number of aliphatic hydroxyl groups excluding tert-OH is 1. The van der Waals surface area contributed by atoms with Crippen molar-refractivity contribution in [2.75, 3.05) is 6.61 Å². The summed E-state index contributed by atoms with van der Waals surface area (Å²) in [5, 5.41) is 9.86. The fourth-order valence-electron chi connectivity index (χ4n) is 8.10. The molecule has 4 aliphatic carbocycles. The van der Waals surface area contributed by atoms with Crippen LogP contribution in [-0.4, -0.2) is 27.5 Å². The van der Waals surface area contributed by atoms with E-state index in [9.17, 15) is 9.90 Å². The van der Waals surface area contributed by atoms with E-state index in [4.69, 9.17) is 0 Å².